The highest BCUT2D eigenvalue weighted by molar-refractivity contribution is 7.98. The molecular formula is C28H33F3N4O7S2. The third-order valence-corrected chi connectivity index (χ3v) is 9.84. The Morgan fingerprint density at radius 2 is 1.73 bits per heavy atom. The molecule has 2 aliphatic rings. The summed E-state index contributed by atoms with van der Waals surface area (Å²) in [6.45, 7) is 0.884. The van der Waals surface area contributed by atoms with Crippen LogP contribution in [0.1, 0.15) is 22.3 Å². The van der Waals surface area contributed by atoms with Gasteiger partial charge in [-0.3, -0.25) is 9.59 Å². The lowest BCUT2D eigenvalue weighted by molar-refractivity contribution is -0.137. The maximum absolute atomic E-state index is 13.4. The monoisotopic (exact) mass is 658 g/mol. The summed E-state index contributed by atoms with van der Waals surface area (Å²) in [5.41, 5.74) is -1.75. The summed E-state index contributed by atoms with van der Waals surface area (Å²) in [4.78, 5) is 40.9. The molecule has 0 saturated carbocycles. The van der Waals surface area contributed by atoms with Crippen molar-refractivity contribution in [3.8, 4) is 0 Å². The molecule has 2 saturated heterocycles. The Kier molecular flexibility index (Phi) is 11.2. The van der Waals surface area contributed by atoms with E-state index in [4.69, 9.17) is 9.47 Å². The van der Waals surface area contributed by atoms with Crippen LogP contribution in [0.4, 0.5) is 23.7 Å². The summed E-state index contributed by atoms with van der Waals surface area (Å²) >= 11 is 1.48. The number of hydrogen-bond acceptors (Lipinski definition) is 8. The molecule has 3 N–H and O–H groups in total. The lowest BCUT2D eigenvalue weighted by atomic mass is 9.97. The molecule has 0 unspecified atom stereocenters. The normalized spacial score (nSPS) is 19.2. The van der Waals surface area contributed by atoms with Gasteiger partial charge in [0.05, 0.1) is 59.9 Å². The van der Waals surface area contributed by atoms with Gasteiger partial charge in [0.25, 0.3) is 5.91 Å². The zero-order valence-corrected chi connectivity index (χ0v) is 25.4. The number of urea groups is 1. The van der Waals surface area contributed by atoms with E-state index in [9.17, 15) is 36.0 Å². The number of amides is 4. The molecule has 0 bridgehead atoms. The highest BCUT2D eigenvalue weighted by Gasteiger charge is 2.34. The summed E-state index contributed by atoms with van der Waals surface area (Å²) in [7, 11) is -3.68. The molecule has 2 fully saturated rings. The number of rotatable bonds is 9. The molecule has 44 heavy (non-hydrogen) atoms. The number of thioether (sulfide) groups is 1. The third kappa shape index (κ3) is 8.86. The second kappa shape index (κ2) is 14.6. The minimum Gasteiger partial charge on any atom is -0.379 e. The number of morpholine rings is 1. The fraction of sp³-hybridized carbons (Fsp3) is 0.464. The van der Waals surface area contributed by atoms with Crippen molar-refractivity contribution in [2.75, 3.05) is 63.4 Å². The third-order valence-electron chi connectivity index (χ3n) is 7.24. The van der Waals surface area contributed by atoms with E-state index in [1.54, 1.807) is 12.1 Å². The van der Waals surface area contributed by atoms with E-state index in [-0.39, 0.29) is 36.0 Å². The number of sulfone groups is 1. The van der Waals surface area contributed by atoms with Gasteiger partial charge in [-0.1, -0.05) is 0 Å². The maximum Gasteiger partial charge on any atom is 0.416 e. The van der Waals surface area contributed by atoms with Crippen LogP contribution in [0.25, 0.3) is 0 Å². The first-order valence-corrected chi connectivity index (χ1v) is 16.6. The van der Waals surface area contributed by atoms with Crippen LogP contribution >= 0.6 is 11.8 Å². The molecule has 4 amide bonds. The SMILES string of the molecule is CSc1ccc(S(=O)(=O)C[C@@H]2CCOC[C@@H]2NC(=O)CNC(=O)c2cc(C(F)(F)F)ccc2NC(=O)N2CCOCC2)cc1. The van der Waals surface area contributed by atoms with Gasteiger partial charge in [0.1, 0.15) is 0 Å². The smallest absolute Gasteiger partial charge is 0.379 e. The summed E-state index contributed by atoms with van der Waals surface area (Å²) in [5, 5.41) is 7.44. The minimum atomic E-state index is -4.76. The number of carbonyl (C=O) groups excluding carboxylic acids is 3. The lowest BCUT2D eigenvalue weighted by Crippen LogP contribution is -2.51. The fourth-order valence-corrected chi connectivity index (χ4v) is 6.91. The van der Waals surface area contributed by atoms with Gasteiger partial charge in [0.2, 0.25) is 5.91 Å². The van der Waals surface area contributed by atoms with Gasteiger partial charge in [-0.15, -0.1) is 11.8 Å². The summed E-state index contributed by atoms with van der Waals surface area (Å²) in [6, 6.07) is 7.54. The topological polar surface area (TPSA) is 143 Å². The standard InChI is InChI=1S/C28H33F3N4O7S2/c1-43-20-3-5-21(6-4-20)44(39,40)17-18-8-11-42-16-24(18)33-25(36)15-32-26(37)22-14-19(28(29,30)31)2-7-23(22)34-27(38)35-9-12-41-13-10-35/h2-7,14,18,24H,8-13,15-17H2,1H3,(H,32,37)(H,33,36)(H,34,38)/t18-,24-/m0/s1. The van der Waals surface area contributed by atoms with Crippen LogP contribution < -0.4 is 16.0 Å². The van der Waals surface area contributed by atoms with Crippen molar-refractivity contribution in [3.05, 3.63) is 53.6 Å². The summed E-state index contributed by atoms with van der Waals surface area (Å²) in [6.07, 6.45) is -2.51. The van der Waals surface area contributed by atoms with Crippen molar-refractivity contribution < 1.29 is 45.4 Å². The van der Waals surface area contributed by atoms with Gasteiger partial charge in [0.15, 0.2) is 9.84 Å². The number of anilines is 1. The van der Waals surface area contributed by atoms with E-state index in [0.29, 0.717) is 32.3 Å². The molecule has 0 aromatic heterocycles. The van der Waals surface area contributed by atoms with Gasteiger partial charge >= 0.3 is 12.2 Å². The zero-order chi connectivity index (χ0) is 31.9. The number of hydrogen-bond donors (Lipinski definition) is 3. The molecule has 11 nitrogen and oxygen atoms in total. The number of nitrogens with zero attached hydrogens (tertiary/aromatic N) is 1. The van der Waals surface area contributed by atoms with Crippen molar-refractivity contribution in [2.24, 2.45) is 5.92 Å². The second-order valence-electron chi connectivity index (χ2n) is 10.2. The Bertz CT molecular complexity index is 1450. The van der Waals surface area contributed by atoms with Crippen LogP contribution in [-0.4, -0.2) is 95.3 Å². The van der Waals surface area contributed by atoms with Gasteiger partial charge < -0.3 is 30.3 Å². The zero-order valence-electron chi connectivity index (χ0n) is 23.8. The van der Waals surface area contributed by atoms with Crippen molar-refractivity contribution >= 4 is 45.1 Å². The van der Waals surface area contributed by atoms with Crippen LogP contribution in [0.5, 0.6) is 0 Å². The number of halogens is 3. The Morgan fingerprint density at radius 1 is 1.02 bits per heavy atom. The average molecular weight is 659 g/mol. The van der Waals surface area contributed by atoms with Crippen LogP contribution in [0.15, 0.2) is 52.3 Å². The van der Waals surface area contributed by atoms with Gasteiger partial charge in [-0.25, -0.2) is 13.2 Å². The van der Waals surface area contributed by atoms with E-state index >= 15 is 0 Å². The second-order valence-corrected chi connectivity index (χ2v) is 13.1. The molecular weight excluding hydrogens is 625 g/mol. The van der Waals surface area contributed by atoms with Crippen molar-refractivity contribution in [1.82, 2.24) is 15.5 Å². The van der Waals surface area contributed by atoms with Gasteiger partial charge in [-0.2, -0.15) is 13.2 Å². The van der Waals surface area contributed by atoms with Crippen LogP contribution in [-0.2, 0) is 30.3 Å². The quantitative estimate of drug-likeness (QED) is 0.349. The molecule has 16 heteroatoms. The largest absolute Gasteiger partial charge is 0.416 e. The Hall–Kier alpha value is -3.34. The molecule has 0 aliphatic carbocycles. The predicted molar refractivity (Wildman–Crippen MR) is 156 cm³/mol. The van der Waals surface area contributed by atoms with E-state index in [2.05, 4.69) is 16.0 Å². The van der Waals surface area contributed by atoms with E-state index in [1.165, 1.54) is 28.8 Å². The van der Waals surface area contributed by atoms with Gasteiger partial charge in [-0.05, 0) is 61.1 Å². The average Bonchev–Trinajstić information content (AvgIpc) is 3.00. The number of ether oxygens (including phenoxy) is 2. The molecule has 0 radical (unpaired) electrons. The van der Waals surface area contributed by atoms with E-state index < -0.39 is 63.5 Å². The fourth-order valence-electron chi connectivity index (χ4n) is 4.79. The number of nitrogens with one attached hydrogen (secondary N) is 3. The Morgan fingerprint density at radius 3 is 2.39 bits per heavy atom. The molecule has 2 aromatic carbocycles. The summed E-state index contributed by atoms with van der Waals surface area (Å²) in [5.74, 6) is -2.41. The number of benzene rings is 2. The summed E-state index contributed by atoms with van der Waals surface area (Å²) < 4.78 is 77.1. The van der Waals surface area contributed by atoms with Crippen molar-refractivity contribution in [1.29, 1.82) is 0 Å². The first-order valence-electron chi connectivity index (χ1n) is 13.7. The van der Waals surface area contributed by atoms with Crippen LogP contribution in [0.3, 0.4) is 0 Å². The van der Waals surface area contributed by atoms with Crippen LogP contribution in [0, 0.1) is 5.92 Å². The molecule has 2 aliphatic heterocycles. The molecule has 0 spiro atoms. The number of carbonyl (C=O) groups is 3. The van der Waals surface area contributed by atoms with Gasteiger partial charge in [0, 0.05) is 24.6 Å². The molecule has 240 valence electrons. The molecule has 2 aromatic rings. The number of alkyl halides is 3. The first kappa shape index (κ1) is 33.6. The Balaban J connectivity index is 1.40. The van der Waals surface area contributed by atoms with Crippen molar-refractivity contribution in [3.63, 3.8) is 0 Å². The lowest BCUT2D eigenvalue weighted by Gasteiger charge is -2.32. The van der Waals surface area contributed by atoms with Crippen LogP contribution in [0.2, 0.25) is 0 Å². The van der Waals surface area contributed by atoms with Crippen molar-refractivity contribution in [2.45, 2.75) is 28.4 Å². The minimum absolute atomic E-state index is 0.0522. The first-order chi connectivity index (χ1) is 20.9. The highest BCUT2D eigenvalue weighted by atomic mass is 32.2. The molecule has 4 rings (SSSR count). The van der Waals surface area contributed by atoms with E-state index in [1.807, 2.05) is 6.26 Å². The Labute approximate surface area is 257 Å². The molecule has 2 atom stereocenters. The predicted octanol–water partition coefficient (Wildman–Crippen LogP) is 3.02. The van der Waals surface area contributed by atoms with E-state index in [0.717, 1.165) is 17.0 Å². The highest BCUT2D eigenvalue weighted by Crippen LogP contribution is 2.32. The molecule has 2 heterocycles. The maximum atomic E-state index is 13.4.